The van der Waals surface area contributed by atoms with Gasteiger partial charge in [0.15, 0.2) is 0 Å². The smallest absolute Gasteiger partial charge is 0.341 e. The molecule has 0 rings (SSSR count). The number of hydrogen-bond donors (Lipinski definition) is 0. The minimum Gasteiger partial charge on any atom is -0.460 e. The van der Waals surface area contributed by atoms with Crippen molar-refractivity contribution < 1.29 is 9.53 Å². The molecule has 0 saturated carbocycles. The van der Waals surface area contributed by atoms with Crippen molar-refractivity contribution in [1.29, 1.82) is 0 Å². The Balaban J connectivity index is 3.15. The zero-order valence-corrected chi connectivity index (χ0v) is 21.8. The number of carbonyl (C=O) groups is 1. The van der Waals surface area contributed by atoms with Crippen molar-refractivity contribution >= 4 is 45.2 Å². The Kier molecular flexibility index (Phi) is 20.4. The minimum atomic E-state index is -2.38. The van der Waals surface area contributed by atoms with Crippen molar-refractivity contribution in [3.63, 3.8) is 0 Å². The molecule has 172 valence electrons. The molecule has 0 aromatic carbocycles. The molecule has 0 aliphatic rings. The summed E-state index contributed by atoms with van der Waals surface area (Å²) in [7, 11) is 0. The topological polar surface area (TPSA) is 26.3 Å². The lowest BCUT2D eigenvalue weighted by atomic mass is 10.0. The molecule has 0 fully saturated rings. The van der Waals surface area contributed by atoms with E-state index in [0.717, 1.165) is 25.3 Å². The van der Waals surface area contributed by atoms with Gasteiger partial charge < -0.3 is 4.74 Å². The van der Waals surface area contributed by atoms with Gasteiger partial charge in [0.1, 0.15) is 0 Å². The van der Waals surface area contributed by atoms with Crippen LogP contribution in [0.15, 0.2) is 12.7 Å². The molecule has 0 amide bonds. The van der Waals surface area contributed by atoms with Gasteiger partial charge in [0.2, 0.25) is 0 Å². The van der Waals surface area contributed by atoms with Gasteiger partial charge in [0.25, 0.3) is 0 Å². The molecule has 0 radical (unpaired) electrons. The van der Waals surface area contributed by atoms with E-state index in [1.807, 2.05) is 6.92 Å². The highest BCUT2D eigenvalue weighted by molar-refractivity contribution is 7.64. The van der Waals surface area contributed by atoms with E-state index >= 15 is 0 Å². The van der Waals surface area contributed by atoms with Crippen molar-refractivity contribution in [2.45, 2.75) is 128 Å². The quantitative estimate of drug-likeness (QED) is 0.0532. The number of esters is 1. The Morgan fingerprint density at radius 2 is 1.10 bits per heavy atom. The minimum absolute atomic E-state index is 0.00922. The van der Waals surface area contributed by atoms with Crippen LogP contribution in [0, 0.1) is 0 Å². The number of unbranched alkanes of at least 4 members (excludes halogenated alkanes) is 15. The Morgan fingerprint density at radius 1 is 0.759 bits per heavy atom. The van der Waals surface area contributed by atoms with Crippen LogP contribution in [0.3, 0.4) is 0 Å². The summed E-state index contributed by atoms with van der Waals surface area (Å²) < 4.78 is 5.17. The van der Waals surface area contributed by atoms with Gasteiger partial charge in [-0.3, -0.25) is 0 Å². The zero-order valence-electron chi connectivity index (χ0n) is 18.5. The van der Waals surface area contributed by atoms with E-state index in [0.29, 0.717) is 0 Å². The molecule has 0 aromatic heterocycles. The van der Waals surface area contributed by atoms with E-state index in [1.54, 1.807) is 0 Å². The van der Waals surface area contributed by atoms with E-state index in [1.165, 1.54) is 96.0 Å². The summed E-state index contributed by atoms with van der Waals surface area (Å²) >= 11 is 17.7. The monoisotopic (exact) mass is 484 g/mol. The molecular formula is C23H43Cl3O2Si. The van der Waals surface area contributed by atoms with Gasteiger partial charge in [-0.05, 0) is 25.8 Å². The summed E-state index contributed by atoms with van der Waals surface area (Å²) in [5, 5.41) is 0. The van der Waals surface area contributed by atoms with Gasteiger partial charge in [-0.2, -0.15) is 0 Å². The third-order valence-corrected chi connectivity index (χ3v) is 7.93. The lowest BCUT2D eigenvalue weighted by molar-refractivity contribution is -0.142. The van der Waals surface area contributed by atoms with Gasteiger partial charge in [0, 0.05) is 6.08 Å². The fourth-order valence-electron chi connectivity index (χ4n) is 3.54. The van der Waals surface area contributed by atoms with Gasteiger partial charge in [0.05, 0.1) is 6.10 Å². The molecule has 0 spiro atoms. The number of hydrogen-bond acceptors (Lipinski definition) is 2. The highest BCUT2D eigenvalue weighted by Gasteiger charge is 2.23. The maximum atomic E-state index is 11.1. The molecule has 1 atom stereocenters. The highest BCUT2D eigenvalue weighted by Crippen LogP contribution is 2.27. The maximum absolute atomic E-state index is 11.1. The molecule has 0 N–H and O–H groups in total. The van der Waals surface area contributed by atoms with Crippen LogP contribution < -0.4 is 0 Å². The molecule has 0 bridgehead atoms. The fraction of sp³-hybridized carbons (Fsp3) is 0.870. The Bertz CT molecular complexity index is 400. The predicted octanol–water partition coefficient (Wildman–Crippen LogP) is 9.39. The van der Waals surface area contributed by atoms with Gasteiger partial charge in [-0.15, -0.1) is 33.2 Å². The molecule has 0 saturated heterocycles. The van der Waals surface area contributed by atoms with Crippen molar-refractivity contribution in [3.8, 4) is 0 Å². The number of carbonyl (C=O) groups excluding carboxylic acids is 1. The van der Waals surface area contributed by atoms with Gasteiger partial charge >= 0.3 is 12.0 Å². The van der Waals surface area contributed by atoms with E-state index in [2.05, 4.69) is 6.58 Å². The van der Waals surface area contributed by atoms with Crippen LogP contribution in [0.5, 0.6) is 0 Å². The van der Waals surface area contributed by atoms with Crippen LogP contribution in [-0.2, 0) is 9.53 Å². The van der Waals surface area contributed by atoms with E-state index < -0.39 is 6.00 Å². The van der Waals surface area contributed by atoms with Crippen LogP contribution in [0.25, 0.3) is 0 Å². The normalized spacial score (nSPS) is 12.7. The molecule has 0 aliphatic carbocycles. The van der Waals surface area contributed by atoms with Crippen LogP contribution in [0.4, 0.5) is 0 Å². The molecular weight excluding hydrogens is 443 g/mol. The first-order valence-corrected chi connectivity index (χ1v) is 17.0. The lowest BCUT2D eigenvalue weighted by Gasteiger charge is -2.11. The third kappa shape index (κ3) is 24.4. The first-order valence-electron chi connectivity index (χ1n) is 11.7. The standard InChI is InChI=1S/C23H43Cl3O2Si/c1-3-23(27)28-22(2)20-18-16-14-12-10-8-6-4-5-7-9-11-13-15-17-19-21-29(24,25)26/h3,22H,1,4-21H2,2H3. The van der Waals surface area contributed by atoms with Crippen molar-refractivity contribution in [3.05, 3.63) is 12.7 Å². The Hall–Kier alpha value is 0.297. The molecule has 0 aromatic rings. The van der Waals surface area contributed by atoms with Crippen LogP contribution in [0.1, 0.15) is 116 Å². The highest BCUT2D eigenvalue weighted by atomic mass is 35.8. The fourth-order valence-corrected chi connectivity index (χ4v) is 5.39. The SMILES string of the molecule is C=CC(=O)OC(C)CCCCCCCCCCCCCCCCCC[Si](Cl)(Cl)Cl. The van der Waals surface area contributed by atoms with E-state index in [-0.39, 0.29) is 12.1 Å². The zero-order chi connectivity index (χ0) is 21.8. The number of ether oxygens (including phenoxy) is 1. The summed E-state index contributed by atoms with van der Waals surface area (Å²) in [5.74, 6) is -0.313. The van der Waals surface area contributed by atoms with Gasteiger partial charge in [-0.1, -0.05) is 103 Å². The van der Waals surface area contributed by atoms with E-state index in [4.69, 9.17) is 38.0 Å². The first kappa shape index (κ1) is 29.3. The average molecular weight is 486 g/mol. The Morgan fingerprint density at radius 3 is 1.45 bits per heavy atom. The summed E-state index contributed by atoms with van der Waals surface area (Å²) in [6, 6.07) is -1.57. The lowest BCUT2D eigenvalue weighted by Crippen LogP contribution is -2.12. The summed E-state index contributed by atoms with van der Waals surface area (Å²) in [6.07, 6.45) is 23.1. The second-order valence-corrected chi connectivity index (χ2v) is 17.5. The van der Waals surface area contributed by atoms with Crippen LogP contribution in [0.2, 0.25) is 6.04 Å². The predicted molar refractivity (Wildman–Crippen MR) is 132 cm³/mol. The number of rotatable bonds is 21. The largest absolute Gasteiger partial charge is 0.460 e. The first-order chi connectivity index (χ1) is 13.8. The summed E-state index contributed by atoms with van der Waals surface area (Å²) in [6.45, 7) is 5.37. The average Bonchev–Trinajstić information content (AvgIpc) is 2.66. The van der Waals surface area contributed by atoms with Gasteiger partial charge in [-0.25, -0.2) is 4.79 Å². The second kappa shape index (κ2) is 20.2. The number of halogens is 3. The Labute approximate surface area is 195 Å². The summed E-state index contributed by atoms with van der Waals surface area (Å²) in [5.41, 5.74) is 0. The molecule has 0 heterocycles. The summed E-state index contributed by atoms with van der Waals surface area (Å²) in [4.78, 5) is 11.1. The second-order valence-electron chi connectivity index (χ2n) is 8.26. The molecule has 0 aliphatic heterocycles. The van der Waals surface area contributed by atoms with Crippen molar-refractivity contribution in [2.75, 3.05) is 0 Å². The van der Waals surface area contributed by atoms with Crippen LogP contribution in [-0.4, -0.2) is 18.1 Å². The molecule has 1 unspecified atom stereocenters. The molecule has 2 nitrogen and oxygen atoms in total. The molecule has 29 heavy (non-hydrogen) atoms. The third-order valence-electron chi connectivity index (χ3n) is 5.30. The van der Waals surface area contributed by atoms with Crippen molar-refractivity contribution in [1.82, 2.24) is 0 Å². The maximum Gasteiger partial charge on any atom is 0.341 e. The van der Waals surface area contributed by atoms with Crippen molar-refractivity contribution in [2.24, 2.45) is 0 Å². The van der Waals surface area contributed by atoms with E-state index in [9.17, 15) is 4.79 Å². The van der Waals surface area contributed by atoms with Crippen LogP contribution >= 0.6 is 33.2 Å². The molecule has 6 heteroatoms.